The zero-order valence-corrected chi connectivity index (χ0v) is 19.4. The van der Waals surface area contributed by atoms with Crippen LogP contribution in [0.5, 0.6) is 11.5 Å². The zero-order chi connectivity index (χ0) is 22.7. The molecule has 170 valence electrons. The fourth-order valence-corrected chi connectivity index (χ4v) is 4.86. The summed E-state index contributed by atoms with van der Waals surface area (Å²) in [4.78, 5) is 29.9. The Morgan fingerprint density at radius 3 is 2.47 bits per heavy atom. The maximum Gasteiger partial charge on any atom is 0.257 e. The number of hydrogen-bond acceptors (Lipinski definition) is 7. The molecule has 0 unspecified atom stereocenters. The summed E-state index contributed by atoms with van der Waals surface area (Å²) in [5.74, 6) is 1.30. The van der Waals surface area contributed by atoms with E-state index in [0.717, 1.165) is 16.2 Å². The number of carbonyl (C=O) groups is 2. The van der Waals surface area contributed by atoms with E-state index < -0.39 is 0 Å². The molecule has 1 atom stereocenters. The SMILES string of the molecule is COc1ccc([C@H]2CC(c3cccs3)=NN2C(=O)CN2CCN(C(C)=O)CC2)cc1OC. The summed E-state index contributed by atoms with van der Waals surface area (Å²) in [5.41, 5.74) is 1.86. The van der Waals surface area contributed by atoms with Crippen LogP contribution in [0.15, 0.2) is 40.8 Å². The molecule has 1 fully saturated rings. The Labute approximate surface area is 192 Å². The normalized spacial score (nSPS) is 19.1. The summed E-state index contributed by atoms with van der Waals surface area (Å²) in [6, 6.07) is 9.56. The number of nitrogens with zero attached hydrogens (tertiary/aromatic N) is 4. The molecule has 9 heteroatoms. The van der Waals surface area contributed by atoms with Gasteiger partial charge in [-0.25, -0.2) is 5.01 Å². The highest BCUT2D eigenvalue weighted by molar-refractivity contribution is 7.12. The molecule has 2 aliphatic rings. The summed E-state index contributed by atoms with van der Waals surface area (Å²) in [5, 5.41) is 8.38. The highest BCUT2D eigenvalue weighted by atomic mass is 32.1. The van der Waals surface area contributed by atoms with Gasteiger partial charge in [0.1, 0.15) is 0 Å². The lowest BCUT2D eigenvalue weighted by atomic mass is 10.0. The molecule has 4 rings (SSSR count). The lowest BCUT2D eigenvalue weighted by Crippen LogP contribution is -2.50. The molecule has 0 spiro atoms. The Hall–Kier alpha value is -2.91. The van der Waals surface area contributed by atoms with Crippen LogP contribution in [0.1, 0.15) is 29.8 Å². The van der Waals surface area contributed by atoms with Gasteiger partial charge in [-0.15, -0.1) is 11.3 Å². The van der Waals surface area contributed by atoms with Crippen molar-refractivity contribution in [3.63, 3.8) is 0 Å². The van der Waals surface area contributed by atoms with Gasteiger partial charge in [0.2, 0.25) is 5.91 Å². The van der Waals surface area contributed by atoms with Gasteiger partial charge in [-0.1, -0.05) is 12.1 Å². The summed E-state index contributed by atoms with van der Waals surface area (Å²) < 4.78 is 10.8. The zero-order valence-electron chi connectivity index (χ0n) is 18.6. The van der Waals surface area contributed by atoms with E-state index in [4.69, 9.17) is 14.6 Å². The lowest BCUT2D eigenvalue weighted by molar-refractivity contribution is -0.135. The first-order valence-corrected chi connectivity index (χ1v) is 11.5. The van der Waals surface area contributed by atoms with Gasteiger partial charge in [0.05, 0.1) is 37.4 Å². The number of hydrogen-bond donors (Lipinski definition) is 0. The number of methoxy groups -OCH3 is 2. The Balaban J connectivity index is 1.55. The van der Waals surface area contributed by atoms with Crippen molar-refractivity contribution in [2.24, 2.45) is 5.10 Å². The maximum absolute atomic E-state index is 13.3. The van der Waals surface area contributed by atoms with Crippen molar-refractivity contribution < 1.29 is 19.1 Å². The molecule has 32 heavy (non-hydrogen) atoms. The summed E-state index contributed by atoms with van der Waals surface area (Å²) in [7, 11) is 3.21. The van der Waals surface area contributed by atoms with Crippen molar-refractivity contribution in [3.05, 3.63) is 46.2 Å². The maximum atomic E-state index is 13.3. The van der Waals surface area contributed by atoms with Crippen LogP contribution in [0.25, 0.3) is 0 Å². The van der Waals surface area contributed by atoms with E-state index in [1.807, 2.05) is 40.6 Å². The largest absolute Gasteiger partial charge is 0.493 e. The number of carbonyl (C=O) groups excluding carboxylic acids is 2. The number of thiophene rings is 1. The highest BCUT2D eigenvalue weighted by Gasteiger charge is 2.35. The van der Waals surface area contributed by atoms with E-state index in [1.54, 1.807) is 37.5 Å². The fourth-order valence-electron chi connectivity index (χ4n) is 4.14. The van der Waals surface area contributed by atoms with Gasteiger partial charge < -0.3 is 14.4 Å². The van der Waals surface area contributed by atoms with Crippen LogP contribution in [0.4, 0.5) is 0 Å². The van der Waals surface area contributed by atoms with Crippen LogP contribution < -0.4 is 9.47 Å². The molecule has 1 aromatic heterocycles. The van der Waals surface area contributed by atoms with E-state index in [9.17, 15) is 9.59 Å². The van der Waals surface area contributed by atoms with Crippen molar-refractivity contribution in [3.8, 4) is 11.5 Å². The molecule has 2 amide bonds. The van der Waals surface area contributed by atoms with Crippen molar-refractivity contribution >= 4 is 28.9 Å². The molecule has 0 N–H and O–H groups in total. The molecule has 2 aliphatic heterocycles. The van der Waals surface area contributed by atoms with Gasteiger partial charge in [-0.2, -0.15) is 5.10 Å². The average Bonchev–Trinajstić information content (AvgIpc) is 3.49. The minimum Gasteiger partial charge on any atom is -0.493 e. The third-order valence-corrected chi connectivity index (χ3v) is 6.86. The van der Waals surface area contributed by atoms with Gasteiger partial charge >= 0.3 is 0 Å². The predicted molar refractivity (Wildman–Crippen MR) is 123 cm³/mol. The van der Waals surface area contributed by atoms with Crippen molar-refractivity contribution in [2.75, 3.05) is 46.9 Å². The minimum absolute atomic E-state index is 0.0485. The molecule has 1 saturated heterocycles. The second kappa shape index (κ2) is 9.70. The van der Waals surface area contributed by atoms with Crippen LogP contribution in [-0.4, -0.2) is 79.3 Å². The molecule has 0 bridgehead atoms. The van der Waals surface area contributed by atoms with Crippen LogP contribution in [-0.2, 0) is 9.59 Å². The third-order valence-electron chi connectivity index (χ3n) is 5.94. The Morgan fingerprint density at radius 1 is 1.09 bits per heavy atom. The quantitative estimate of drug-likeness (QED) is 0.668. The van der Waals surface area contributed by atoms with Crippen LogP contribution in [0.2, 0.25) is 0 Å². The molecule has 0 saturated carbocycles. The monoisotopic (exact) mass is 456 g/mol. The van der Waals surface area contributed by atoms with Gasteiger partial charge in [-0.05, 0) is 29.1 Å². The highest BCUT2D eigenvalue weighted by Crippen LogP contribution is 2.38. The molecule has 1 aromatic carbocycles. The lowest BCUT2D eigenvalue weighted by Gasteiger charge is -2.34. The Morgan fingerprint density at radius 2 is 1.84 bits per heavy atom. The smallest absolute Gasteiger partial charge is 0.257 e. The van der Waals surface area contributed by atoms with Crippen LogP contribution >= 0.6 is 11.3 Å². The molecule has 2 aromatic rings. The topological polar surface area (TPSA) is 74.7 Å². The number of piperazine rings is 1. The van der Waals surface area contributed by atoms with Gasteiger partial charge in [-0.3, -0.25) is 14.5 Å². The van der Waals surface area contributed by atoms with Crippen LogP contribution in [0.3, 0.4) is 0 Å². The predicted octanol–water partition coefficient (Wildman–Crippen LogP) is 2.61. The van der Waals surface area contributed by atoms with Crippen molar-refractivity contribution in [1.29, 1.82) is 0 Å². The number of amides is 2. The van der Waals surface area contributed by atoms with Crippen molar-refractivity contribution in [2.45, 2.75) is 19.4 Å². The van der Waals surface area contributed by atoms with Gasteiger partial charge in [0.25, 0.3) is 5.91 Å². The second-order valence-corrected chi connectivity index (χ2v) is 8.83. The van der Waals surface area contributed by atoms with E-state index >= 15 is 0 Å². The molecule has 0 radical (unpaired) electrons. The minimum atomic E-state index is -0.210. The fraction of sp³-hybridized carbons (Fsp3) is 0.435. The van der Waals surface area contributed by atoms with E-state index in [2.05, 4.69) is 4.90 Å². The third kappa shape index (κ3) is 4.63. The molecular formula is C23H28N4O4S. The molecule has 3 heterocycles. The first-order chi connectivity index (χ1) is 15.5. The second-order valence-electron chi connectivity index (χ2n) is 7.88. The van der Waals surface area contributed by atoms with Crippen molar-refractivity contribution in [1.82, 2.24) is 14.8 Å². The van der Waals surface area contributed by atoms with E-state index in [-0.39, 0.29) is 24.4 Å². The standard InChI is InChI=1S/C23H28N4O4S/c1-16(28)26-10-8-25(9-11-26)15-23(29)27-19(14-18(24-27)22-5-4-12-32-22)17-6-7-20(30-2)21(13-17)31-3/h4-7,12-13,19H,8-11,14-15H2,1-3H3/t19-/m1/s1. The molecular weight excluding hydrogens is 428 g/mol. The summed E-state index contributed by atoms with van der Waals surface area (Å²) >= 11 is 1.62. The first-order valence-electron chi connectivity index (χ1n) is 10.6. The Bertz CT molecular complexity index is 999. The molecule has 0 aliphatic carbocycles. The first kappa shape index (κ1) is 22.3. The molecule has 8 nitrogen and oxygen atoms in total. The van der Waals surface area contributed by atoms with Gasteiger partial charge in [0.15, 0.2) is 11.5 Å². The Kier molecular flexibility index (Phi) is 6.76. The van der Waals surface area contributed by atoms with Gasteiger partial charge in [0, 0.05) is 39.5 Å². The van der Waals surface area contributed by atoms with Crippen LogP contribution in [0, 0.1) is 0 Å². The number of benzene rings is 1. The summed E-state index contributed by atoms with van der Waals surface area (Å²) in [6.45, 7) is 4.51. The van der Waals surface area contributed by atoms with E-state index in [0.29, 0.717) is 44.1 Å². The number of rotatable bonds is 6. The summed E-state index contributed by atoms with van der Waals surface area (Å²) in [6.07, 6.45) is 0.639. The average molecular weight is 457 g/mol. The van der Waals surface area contributed by atoms with E-state index in [1.165, 1.54) is 0 Å². The number of hydrazone groups is 1. The number of ether oxygens (including phenoxy) is 2.